The Kier molecular flexibility index (Phi) is 4.96. The van der Waals surface area contributed by atoms with E-state index in [-0.39, 0.29) is 35.2 Å². The predicted octanol–water partition coefficient (Wildman–Crippen LogP) is 2.46. The molecule has 0 radical (unpaired) electrons. The summed E-state index contributed by atoms with van der Waals surface area (Å²) in [5.41, 5.74) is 5.36. The first-order chi connectivity index (χ1) is 15.4. The third-order valence-corrected chi connectivity index (χ3v) is 6.85. The molecule has 0 spiro atoms. The molecule has 166 valence electrons. The highest BCUT2D eigenvalue weighted by atomic mass is 19.1. The lowest BCUT2D eigenvalue weighted by atomic mass is 9.82. The molecule has 1 aromatic carbocycles. The van der Waals surface area contributed by atoms with Gasteiger partial charge in [-0.15, -0.1) is 0 Å². The molecule has 32 heavy (non-hydrogen) atoms. The molecule has 1 aliphatic carbocycles. The molecule has 2 unspecified atom stereocenters. The number of nitrogens with zero attached hydrogens (tertiary/aromatic N) is 2. The van der Waals surface area contributed by atoms with Crippen molar-refractivity contribution in [2.75, 3.05) is 14.2 Å². The Morgan fingerprint density at radius 2 is 2.19 bits per heavy atom. The van der Waals surface area contributed by atoms with Gasteiger partial charge < -0.3 is 24.5 Å². The summed E-state index contributed by atoms with van der Waals surface area (Å²) in [7, 11) is 3.35. The Morgan fingerprint density at radius 1 is 1.41 bits per heavy atom. The van der Waals surface area contributed by atoms with E-state index < -0.39 is 6.10 Å². The zero-order valence-electron chi connectivity index (χ0n) is 18.2. The quantitative estimate of drug-likeness (QED) is 0.466. The van der Waals surface area contributed by atoms with Gasteiger partial charge in [0.1, 0.15) is 11.9 Å². The number of benzene rings is 1. The van der Waals surface area contributed by atoms with Crippen LogP contribution < -0.4 is 10.9 Å². The fraction of sp³-hybridized carbons (Fsp3) is 0.375. The molecule has 7 nitrogen and oxygen atoms in total. The molecule has 3 heterocycles. The van der Waals surface area contributed by atoms with Crippen molar-refractivity contribution in [2.24, 2.45) is 0 Å². The molecule has 0 fully saturated rings. The number of carbonyl (C=O) groups excluding carboxylic acids is 1. The summed E-state index contributed by atoms with van der Waals surface area (Å²) < 4.78 is 21.5. The standard InChI is InChI=1S/C24H24FN3O4/c1-11-12-4-5-17(26-2)22-14-8-28-19(23(14)27-18(21(12)22)7-16(11)25)6-13(20(30)9-29)15(10-32-3)24(28)31/h6-7,9,17,20,26,30H,4-5,8,10H2,1-3H3. The third-order valence-electron chi connectivity index (χ3n) is 6.85. The van der Waals surface area contributed by atoms with E-state index in [0.717, 1.165) is 34.9 Å². The van der Waals surface area contributed by atoms with E-state index >= 15 is 0 Å². The Bertz CT molecular complexity index is 1350. The second-order valence-corrected chi connectivity index (χ2v) is 8.46. The second-order valence-electron chi connectivity index (χ2n) is 8.46. The van der Waals surface area contributed by atoms with Crippen molar-refractivity contribution in [2.45, 2.75) is 45.1 Å². The fourth-order valence-corrected chi connectivity index (χ4v) is 5.28. The molecule has 2 aromatic heterocycles. The molecule has 8 heteroatoms. The van der Waals surface area contributed by atoms with Gasteiger partial charge in [0.15, 0.2) is 6.29 Å². The minimum Gasteiger partial charge on any atom is -0.381 e. The molecule has 0 bridgehead atoms. The molecule has 0 saturated carbocycles. The number of aryl methyl sites for hydroxylation is 1. The Morgan fingerprint density at radius 3 is 2.88 bits per heavy atom. The van der Waals surface area contributed by atoms with Gasteiger partial charge in [0, 0.05) is 41.3 Å². The molecule has 2 atom stereocenters. The van der Waals surface area contributed by atoms with E-state index in [1.165, 1.54) is 13.2 Å². The minimum absolute atomic E-state index is 0.0222. The maximum atomic E-state index is 14.7. The molecular formula is C24H24FN3O4. The Labute approximate surface area is 183 Å². The second kappa shape index (κ2) is 7.58. The summed E-state index contributed by atoms with van der Waals surface area (Å²) in [5, 5.41) is 14.6. The lowest BCUT2D eigenvalue weighted by Gasteiger charge is -2.28. The summed E-state index contributed by atoms with van der Waals surface area (Å²) in [4.78, 5) is 29.5. The summed E-state index contributed by atoms with van der Waals surface area (Å²) >= 11 is 0. The fourth-order valence-electron chi connectivity index (χ4n) is 5.28. The average Bonchev–Trinajstić information content (AvgIpc) is 3.17. The largest absolute Gasteiger partial charge is 0.381 e. The van der Waals surface area contributed by atoms with Crippen LogP contribution in [0, 0.1) is 12.7 Å². The van der Waals surface area contributed by atoms with Gasteiger partial charge >= 0.3 is 0 Å². The van der Waals surface area contributed by atoms with Crippen molar-refractivity contribution in [3.63, 3.8) is 0 Å². The number of aldehydes is 1. The summed E-state index contributed by atoms with van der Waals surface area (Å²) in [6, 6.07) is 3.14. The van der Waals surface area contributed by atoms with Crippen molar-refractivity contribution in [3.8, 4) is 11.4 Å². The van der Waals surface area contributed by atoms with Crippen LogP contribution in [-0.4, -0.2) is 35.1 Å². The zero-order valence-corrected chi connectivity index (χ0v) is 18.2. The van der Waals surface area contributed by atoms with Gasteiger partial charge in [-0.05, 0) is 49.6 Å². The van der Waals surface area contributed by atoms with Crippen LogP contribution in [0.1, 0.15) is 51.9 Å². The van der Waals surface area contributed by atoms with Crippen LogP contribution in [0.5, 0.6) is 0 Å². The van der Waals surface area contributed by atoms with Crippen molar-refractivity contribution in [3.05, 3.63) is 61.7 Å². The Hall–Kier alpha value is -2.94. The minimum atomic E-state index is -1.45. The topological polar surface area (TPSA) is 93.5 Å². The number of carbonyl (C=O) groups is 1. The lowest BCUT2D eigenvalue weighted by molar-refractivity contribution is -0.115. The van der Waals surface area contributed by atoms with Crippen LogP contribution in [0.15, 0.2) is 16.9 Å². The molecule has 2 aliphatic rings. The van der Waals surface area contributed by atoms with Crippen molar-refractivity contribution in [1.82, 2.24) is 14.9 Å². The zero-order chi connectivity index (χ0) is 22.7. The summed E-state index contributed by atoms with van der Waals surface area (Å²) in [6.45, 7) is 2.10. The number of hydrogen-bond acceptors (Lipinski definition) is 6. The molecule has 5 rings (SSSR count). The third kappa shape index (κ3) is 2.80. The van der Waals surface area contributed by atoms with Gasteiger partial charge in [-0.1, -0.05) is 0 Å². The van der Waals surface area contributed by atoms with Crippen molar-refractivity contribution < 1.29 is 19.0 Å². The van der Waals surface area contributed by atoms with Crippen molar-refractivity contribution >= 4 is 17.2 Å². The number of aliphatic hydroxyl groups excluding tert-OH is 1. The number of methoxy groups -OCH3 is 1. The van der Waals surface area contributed by atoms with E-state index in [1.807, 2.05) is 7.05 Å². The maximum Gasteiger partial charge on any atom is 0.257 e. The molecular weight excluding hydrogens is 413 g/mol. The normalized spacial score (nSPS) is 17.3. The van der Waals surface area contributed by atoms with Crippen LogP contribution >= 0.6 is 0 Å². The van der Waals surface area contributed by atoms with Gasteiger partial charge in [-0.3, -0.25) is 4.79 Å². The monoisotopic (exact) mass is 437 g/mol. The summed E-state index contributed by atoms with van der Waals surface area (Å²) in [6.07, 6.45) is 0.507. The highest BCUT2D eigenvalue weighted by Crippen LogP contribution is 2.44. The number of ether oxygens (including phenoxy) is 1. The van der Waals surface area contributed by atoms with Crippen LogP contribution in [0.2, 0.25) is 0 Å². The first kappa shape index (κ1) is 20.9. The number of rotatable bonds is 5. The van der Waals surface area contributed by atoms with Gasteiger partial charge in [0.25, 0.3) is 5.56 Å². The molecule has 2 N–H and O–H groups in total. The van der Waals surface area contributed by atoms with Gasteiger partial charge in [0.05, 0.1) is 30.1 Å². The van der Waals surface area contributed by atoms with E-state index in [9.17, 15) is 19.1 Å². The first-order valence-electron chi connectivity index (χ1n) is 10.6. The molecule has 0 amide bonds. The van der Waals surface area contributed by atoms with E-state index in [0.29, 0.717) is 35.3 Å². The number of pyridine rings is 2. The van der Waals surface area contributed by atoms with E-state index in [1.54, 1.807) is 17.6 Å². The van der Waals surface area contributed by atoms with Gasteiger partial charge in [-0.2, -0.15) is 0 Å². The Balaban J connectivity index is 1.86. The van der Waals surface area contributed by atoms with Crippen LogP contribution in [0.4, 0.5) is 4.39 Å². The number of nitrogens with one attached hydrogen (secondary N) is 1. The molecule has 3 aromatic rings. The van der Waals surface area contributed by atoms with E-state index in [4.69, 9.17) is 9.72 Å². The van der Waals surface area contributed by atoms with Crippen LogP contribution in [0.3, 0.4) is 0 Å². The highest BCUT2D eigenvalue weighted by Gasteiger charge is 2.34. The number of aromatic nitrogens is 2. The van der Waals surface area contributed by atoms with Gasteiger partial charge in [0.2, 0.25) is 0 Å². The predicted molar refractivity (Wildman–Crippen MR) is 117 cm³/mol. The lowest BCUT2D eigenvalue weighted by Crippen LogP contribution is -2.27. The average molecular weight is 437 g/mol. The summed E-state index contributed by atoms with van der Waals surface area (Å²) in [5.74, 6) is -0.295. The first-order valence-corrected chi connectivity index (χ1v) is 10.6. The van der Waals surface area contributed by atoms with Crippen LogP contribution in [0.25, 0.3) is 22.3 Å². The number of hydrogen-bond donors (Lipinski definition) is 2. The maximum absolute atomic E-state index is 14.7. The number of halogens is 1. The SMILES string of the molecule is CNC1CCc2c(C)c(F)cc3nc4c(c1c23)Cn1c-4cc(C(O)C=O)c(COC)c1=O. The highest BCUT2D eigenvalue weighted by molar-refractivity contribution is 5.93. The smallest absolute Gasteiger partial charge is 0.257 e. The van der Waals surface area contributed by atoms with E-state index in [2.05, 4.69) is 5.32 Å². The van der Waals surface area contributed by atoms with Gasteiger partial charge in [-0.25, -0.2) is 9.37 Å². The van der Waals surface area contributed by atoms with Crippen LogP contribution in [-0.2, 0) is 29.1 Å². The van der Waals surface area contributed by atoms with Crippen molar-refractivity contribution in [1.29, 1.82) is 0 Å². The molecule has 0 saturated heterocycles. The number of fused-ring (bicyclic) bond motifs is 4. The molecule has 1 aliphatic heterocycles. The number of aliphatic hydroxyl groups is 1.